The van der Waals surface area contributed by atoms with Crippen LogP contribution < -0.4 is 15.0 Å². The summed E-state index contributed by atoms with van der Waals surface area (Å²) in [6.07, 6.45) is 6.30. The van der Waals surface area contributed by atoms with Crippen molar-refractivity contribution >= 4 is 17.5 Å². The number of piperidine rings is 1. The number of ether oxygens (including phenoxy) is 1. The molecule has 3 heterocycles. The van der Waals surface area contributed by atoms with Crippen molar-refractivity contribution in [3.63, 3.8) is 0 Å². The molecule has 4 rings (SSSR count). The number of hydrogen-bond acceptors (Lipinski definition) is 5. The monoisotopic (exact) mass is 408 g/mol. The van der Waals surface area contributed by atoms with Crippen molar-refractivity contribution in [2.75, 3.05) is 31.1 Å². The Morgan fingerprint density at radius 3 is 2.97 bits per heavy atom. The van der Waals surface area contributed by atoms with Crippen molar-refractivity contribution in [2.45, 2.75) is 38.6 Å². The lowest BCUT2D eigenvalue weighted by molar-refractivity contribution is -0.119. The van der Waals surface area contributed by atoms with Gasteiger partial charge in [0.2, 0.25) is 11.8 Å². The van der Waals surface area contributed by atoms with Crippen molar-refractivity contribution in [2.24, 2.45) is 0 Å². The number of nitrogens with zero attached hydrogens (tertiary/aromatic N) is 3. The summed E-state index contributed by atoms with van der Waals surface area (Å²) in [7, 11) is 0. The van der Waals surface area contributed by atoms with Crippen molar-refractivity contribution in [3.8, 4) is 11.6 Å². The zero-order chi connectivity index (χ0) is 20.9. The third kappa shape index (κ3) is 4.46. The number of fused-ring (bicyclic) bond motifs is 2. The van der Waals surface area contributed by atoms with Crippen LogP contribution in [-0.2, 0) is 4.79 Å². The summed E-state index contributed by atoms with van der Waals surface area (Å²) in [6.45, 7) is 4.93. The number of carbonyl (C=O) groups excluding carboxylic acids is 2. The zero-order valence-electron chi connectivity index (χ0n) is 17.3. The molecule has 2 aliphatic heterocycles. The molecular formula is C23H28N4O3. The Labute approximate surface area is 177 Å². The van der Waals surface area contributed by atoms with Crippen molar-refractivity contribution in [3.05, 3.63) is 48.2 Å². The van der Waals surface area contributed by atoms with E-state index < -0.39 is 0 Å². The van der Waals surface area contributed by atoms with Gasteiger partial charge in [0.15, 0.2) is 5.75 Å². The fourth-order valence-electron chi connectivity index (χ4n) is 4.12. The molecule has 7 nitrogen and oxygen atoms in total. The zero-order valence-corrected chi connectivity index (χ0v) is 17.3. The maximum absolute atomic E-state index is 13.1. The average molecular weight is 409 g/mol. The van der Waals surface area contributed by atoms with E-state index in [-0.39, 0.29) is 24.2 Å². The smallest absolute Gasteiger partial charge is 0.264 e. The highest BCUT2D eigenvalue weighted by atomic mass is 16.5. The summed E-state index contributed by atoms with van der Waals surface area (Å²) in [4.78, 5) is 33.9. The molecule has 0 spiro atoms. The van der Waals surface area contributed by atoms with E-state index in [1.807, 2.05) is 12.1 Å². The van der Waals surface area contributed by atoms with Gasteiger partial charge >= 0.3 is 0 Å². The normalized spacial score (nSPS) is 18.8. The largest absolute Gasteiger partial charge is 0.436 e. The average Bonchev–Trinajstić information content (AvgIpc) is 2.87. The van der Waals surface area contributed by atoms with Gasteiger partial charge in [-0.05, 0) is 57.0 Å². The van der Waals surface area contributed by atoms with E-state index in [1.54, 1.807) is 30.5 Å². The second-order valence-corrected chi connectivity index (χ2v) is 7.90. The number of anilines is 1. The van der Waals surface area contributed by atoms with Gasteiger partial charge in [-0.3, -0.25) is 14.5 Å². The molecule has 1 saturated heterocycles. The molecule has 1 atom stereocenters. The fraction of sp³-hybridized carbons (Fsp3) is 0.435. The lowest BCUT2D eigenvalue weighted by Crippen LogP contribution is -2.42. The minimum Gasteiger partial charge on any atom is -0.436 e. The molecule has 2 amide bonds. The quantitative estimate of drug-likeness (QED) is 0.743. The van der Waals surface area contributed by atoms with Crippen LogP contribution in [0.2, 0.25) is 0 Å². The van der Waals surface area contributed by atoms with Gasteiger partial charge in [-0.15, -0.1) is 0 Å². The molecule has 2 aromatic rings. The van der Waals surface area contributed by atoms with Crippen molar-refractivity contribution < 1.29 is 14.3 Å². The van der Waals surface area contributed by atoms with Gasteiger partial charge in [0, 0.05) is 25.3 Å². The number of rotatable bonds is 6. The minimum atomic E-state index is -0.291. The van der Waals surface area contributed by atoms with Crippen LogP contribution >= 0.6 is 0 Å². The number of hydrogen-bond donors (Lipinski definition) is 1. The SMILES string of the molecule is C[C@H]1CCCCN1CCCNC(=O)CN1C(=O)c2cccnc2Oc2ccccc21. The molecule has 0 saturated carbocycles. The molecule has 2 aliphatic rings. The third-order valence-electron chi connectivity index (χ3n) is 5.80. The van der Waals surface area contributed by atoms with E-state index >= 15 is 0 Å². The number of pyridine rings is 1. The van der Waals surface area contributed by atoms with E-state index in [9.17, 15) is 9.59 Å². The first kappa shape index (κ1) is 20.3. The Bertz CT molecular complexity index is 917. The molecule has 158 valence electrons. The summed E-state index contributed by atoms with van der Waals surface area (Å²) in [5.41, 5.74) is 0.915. The number of likely N-dealkylation sites (tertiary alicyclic amines) is 1. The van der Waals surface area contributed by atoms with Gasteiger partial charge in [0.25, 0.3) is 5.91 Å². The molecule has 0 unspecified atom stereocenters. The van der Waals surface area contributed by atoms with Gasteiger partial charge in [-0.1, -0.05) is 18.6 Å². The van der Waals surface area contributed by atoms with Crippen LogP contribution in [0, 0.1) is 0 Å². The van der Waals surface area contributed by atoms with Crippen LogP contribution in [-0.4, -0.2) is 53.9 Å². The second kappa shape index (κ2) is 9.26. The Morgan fingerprint density at radius 2 is 2.10 bits per heavy atom. The van der Waals surface area contributed by atoms with Gasteiger partial charge in [0.05, 0.1) is 5.69 Å². The Kier molecular flexibility index (Phi) is 6.28. The number of aromatic nitrogens is 1. The van der Waals surface area contributed by atoms with E-state index in [0.717, 1.165) is 19.5 Å². The lowest BCUT2D eigenvalue weighted by atomic mass is 10.0. The molecule has 1 N–H and O–H groups in total. The highest BCUT2D eigenvalue weighted by Crippen LogP contribution is 2.37. The summed E-state index contributed by atoms with van der Waals surface area (Å²) in [5.74, 6) is 0.293. The topological polar surface area (TPSA) is 74.8 Å². The minimum absolute atomic E-state index is 0.0618. The van der Waals surface area contributed by atoms with Crippen LogP contribution in [0.15, 0.2) is 42.6 Å². The van der Waals surface area contributed by atoms with E-state index in [0.29, 0.717) is 29.6 Å². The van der Waals surface area contributed by atoms with Gasteiger partial charge in [-0.2, -0.15) is 0 Å². The first-order chi connectivity index (χ1) is 14.6. The Hall–Kier alpha value is -2.93. The highest BCUT2D eigenvalue weighted by molar-refractivity contribution is 6.11. The first-order valence-corrected chi connectivity index (χ1v) is 10.7. The third-order valence-corrected chi connectivity index (χ3v) is 5.80. The molecule has 7 heteroatoms. The summed E-state index contributed by atoms with van der Waals surface area (Å²) < 4.78 is 5.85. The van der Waals surface area contributed by atoms with Crippen LogP contribution in [0.4, 0.5) is 5.69 Å². The maximum Gasteiger partial charge on any atom is 0.264 e. The van der Waals surface area contributed by atoms with E-state index in [4.69, 9.17) is 4.74 Å². The van der Waals surface area contributed by atoms with Crippen LogP contribution in [0.3, 0.4) is 0 Å². The number of benzene rings is 1. The predicted octanol–water partition coefficient (Wildman–Crippen LogP) is 3.21. The maximum atomic E-state index is 13.1. The predicted molar refractivity (Wildman–Crippen MR) is 115 cm³/mol. The number of para-hydroxylation sites is 2. The molecular weight excluding hydrogens is 380 g/mol. The van der Waals surface area contributed by atoms with Crippen molar-refractivity contribution in [1.29, 1.82) is 0 Å². The standard InChI is InChI=1S/C23H28N4O3/c1-17-8-4-5-14-26(17)15-7-13-24-21(28)16-27-19-10-2-3-11-20(19)30-22-18(23(27)29)9-6-12-25-22/h2-3,6,9-12,17H,4-5,7-8,13-16H2,1H3,(H,24,28)/t17-/m0/s1. The van der Waals surface area contributed by atoms with Crippen LogP contribution in [0.25, 0.3) is 0 Å². The van der Waals surface area contributed by atoms with E-state index in [2.05, 4.69) is 22.1 Å². The Morgan fingerprint density at radius 1 is 1.23 bits per heavy atom. The van der Waals surface area contributed by atoms with Gasteiger partial charge in [0.1, 0.15) is 12.1 Å². The molecule has 30 heavy (non-hydrogen) atoms. The Balaban J connectivity index is 1.39. The van der Waals surface area contributed by atoms with Gasteiger partial charge < -0.3 is 15.0 Å². The number of carbonyl (C=O) groups is 2. The number of nitrogens with one attached hydrogen (secondary N) is 1. The molecule has 1 fully saturated rings. The first-order valence-electron chi connectivity index (χ1n) is 10.7. The van der Waals surface area contributed by atoms with Gasteiger partial charge in [-0.25, -0.2) is 4.98 Å². The lowest BCUT2D eigenvalue weighted by Gasteiger charge is -2.33. The van der Waals surface area contributed by atoms with Crippen LogP contribution in [0.5, 0.6) is 11.6 Å². The van der Waals surface area contributed by atoms with Crippen LogP contribution in [0.1, 0.15) is 43.0 Å². The van der Waals surface area contributed by atoms with E-state index in [1.165, 1.54) is 24.2 Å². The second-order valence-electron chi connectivity index (χ2n) is 7.90. The molecule has 1 aromatic heterocycles. The molecule has 0 radical (unpaired) electrons. The number of amides is 2. The fourth-order valence-corrected chi connectivity index (χ4v) is 4.12. The summed E-state index contributed by atoms with van der Waals surface area (Å²) in [5, 5.41) is 2.96. The summed E-state index contributed by atoms with van der Waals surface area (Å²) >= 11 is 0. The highest BCUT2D eigenvalue weighted by Gasteiger charge is 2.30. The molecule has 0 bridgehead atoms. The van der Waals surface area contributed by atoms with Crippen molar-refractivity contribution in [1.82, 2.24) is 15.2 Å². The molecule has 0 aliphatic carbocycles. The summed E-state index contributed by atoms with van der Waals surface area (Å²) in [6, 6.07) is 11.2. The molecule has 1 aromatic carbocycles.